The third kappa shape index (κ3) is 5.55. The lowest BCUT2D eigenvalue weighted by Crippen LogP contribution is -2.39. The first-order valence-corrected chi connectivity index (χ1v) is 11.1. The Morgan fingerprint density at radius 2 is 1.88 bits per heavy atom. The monoisotopic (exact) mass is 481 g/mol. The summed E-state index contributed by atoms with van der Waals surface area (Å²) in [4.78, 5) is 16.4. The number of nitrogens with zero attached hydrogens (tertiary/aromatic N) is 2. The molecule has 1 aromatic heterocycles. The lowest BCUT2D eigenvalue weighted by molar-refractivity contribution is -0.147. The number of ether oxygens (including phenoxy) is 3. The van der Waals surface area contributed by atoms with Gasteiger partial charge in [0.2, 0.25) is 15.8 Å². The van der Waals surface area contributed by atoms with Crippen LogP contribution in [0.1, 0.15) is 12.8 Å². The molecule has 0 saturated carbocycles. The van der Waals surface area contributed by atoms with Gasteiger partial charge in [0.25, 0.3) is 5.89 Å². The van der Waals surface area contributed by atoms with Crippen LogP contribution in [-0.4, -0.2) is 44.8 Å². The number of nitrogens with one attached hydrogen (secondary N) is 1. The first kappa shape index (κ1) is 23.5. The van der Waals surface area contributed by atoms with Crippen molar-refractivity contribution in [2.24, 2.45) is 0 Å². The summed E-state index contributed by atoms with van der Waals surface area (Å²) in [6, 6.07) is 9.45. The SMILES string of the molecule is COc1ccc(-c2noc(COC(=O)[C@H](C)NS(=O)(=O)c3ccc(Cl)cc3)n2)c(OC)c1. The number of hydrogen-bond donors (Lipinski definition) is 1. The van der Waals surface area contributed by atoms with E-state index in [0.717, 1.165) is 0 Å². The van der Waals surface area contributed by atoms with Crippen molar-refractivity contribution >= 4 is 27.6 Å². The third-order valence-corrected chi connectivity index (χ3v) is 6.07. The largest absolute Gasteiger partial charge is 0.497 e. The molecule has 0 aliphatic heterocycles. The van der Waals surface area contributed by atoms with E-state index in [1.165, 1.54) is 45.4 Å². The molecule has 0 unspecified atom stereocenters. The fourth-order valence-electron chi connectivity index (χ4n) is 2.63. The van der Waals surface area contributed by atoms with Crippen molar-refractivity contribution in [3.05, 3.63) is 53.4 Å². The lowest BCUT2D eigenvalue weighted by Gasteiger charge is -2.13. The van der Waals surface area contributed by atoms with Crippen molar-refractivity contribution < 1.29 is 31.9 Å². The minimum atomic E-state index is -3.93. The molecule has 0 amide bonds. The smallest absolute Gasteiger partial charge is 0.324 e. The van der Waals surface area contributed by atoms with Crippen molar-refractivity contribution in [3.8, 4) is 22.9 Å². The zero-order valence-corrected chi connectivity index (χ0v) is 18.9. The molecule has 3 aromatic rings. The van der Waals surface area contributed by atoms with E-state index in [1.54, 1.807) is 18.2 Å². The van der Waals surface area contributed by atoms with Gasteiger partial charge in [0.05, 0.1) is 24.7 Å². The van der Waals surface area contributed by atoms with Gasteiger partial charge in [-0.3, -0.25) is 4.79 Å². The summed E-state index contributed by atoms with van der Waals surface area (Å²) in [5.41, 5.74) is 0.554. The molecule has 32 heavy (non-hydrogen) atoms. The summed E-state index contributed by atoms with van der Waals surface area (Å²) in [5, 5.41) is 4.25. The molecule has 3 rings (SSSR count). The maximum Gasteiger partial charge on any atom is 0.324 e. The number of esters is 1. The summed E-state index contributed by atoms with van der Waals surface area (Å²) >= 11 is 5.77. The molecular weight excluding hydrogens is 462 g/mol. The second kappa shape index (κ2) is 9.98. The highest BCUT2D eigenvalue weighted by Crippen LogP contribution is 2.31. The van der Waals surface area contributed by atoms with Crippen LogP contribution in [-0.2, 0) is 26.2 Å². The molecule has 0 aliphatic rings. The zero-order valence-electron chi connectivity index (χ0n) is 17.4. The van der Waals surface area contributed by atoms with Gasteiger partial charge in [0.15, 0.2) is 6.61 Å². The first-order chi connectivity index (χ1) is 15.2. The summed E-state index contributed by atoms with van der Waals surface area (Å²) in [6.07, 6.45) is 0. The van der Waals surface area contributed by atoms with E-state index in [1.807, 2.05) is 0 Å². The lowest BCUT2D eigenvalue weighted by atomic mass is 10.2. The number of carbonyl (C=O) groups excluding carboxylic acids is 1. The van der Waals surface area contributed by atoms with Crippen LogP contribution in [0.25, 0.3) is 11.4 Å². The number of hydrogen-bond acceptors (Lipinski definition) is 9. The Labute approximate surface area is 189 Å². The van der Waals surface area contributed by atoms with E-state index in [-0.39, 0.29) is 23.2 Å². The molecule has 10 nitrogen and oxygen atoms in total. The van der Waals surface area contributed by atoms with Crippen LogP contribution in [0.4, 0.5) is 0 Å². The van der Waals surface area contributed by atoms with E-state index >= 15 is 0 Å². The molecule has 0 spiro atoms. The molecule has 2 aromatic carbocycles. The van der Waals surface area contributed by atoms with Crippen LogP contribution in [0.15, 0.2) is 51.9 Å². The quantitative estimate of drug-likeness (QED) is 0.458. The van der Waals surface area contributed by atoms with Crippen LogP contribution in [0, 0.1) is 0 Å². The third-order valence-electron chi connectivity index (χ3n) is 4.27. The fourth-order valence-corrected chi connectivity index (χ4v) is 3.94. The molecule has 0 saturated heterocycles. The topological polar surface area (TPSA) is 130 Å². The number of rotatable bonds is 9. The number of benzene rings is 2. The molecule has 1 N–H and O–H groups in total. The second-order valence-electron chi connectivity index (χ2n) is 6.48. The number of halogens is 1. The predicted octanol–water partition coefficient (Wildman–Crippen LogP) is 2.82. The number of methoxy groups -OCH3 is 2. The maximum atomic E-state index is 12.4. The van der Waals surface area contributed by atoms with Crippen molar-refractivity contribution in [2.75, 3.05) is 14.2 Å². The summed E-state index contributed by atoms with van der Waals surface area (Å²) in [7, 11) is -0.908. The molecule has 0 bridgehead atoms. The van der Waals surface area contributed by atoms with Crippen molar-refractivity contribution in [2.45, 2.75) is 24.5 Å². The van der Waals surface area contributed by atoms with Crippen LogP contribution >= 0.6 is 11.6 Å². The highest BCUT2D eigenvalue weighted by Gasteiger charge is 2.24. The van der Waals surface area contributed by atoms with E-state index < -0.39 is 22.0 Å². The zero-order chi connectivity index (χ0) is 23.3. The number of aromatic nitrogens is 2. The van der Waals surface area contributed by atoms with Crippen LogP contribution in [0.3, 0.4) is 0 Å². The molecule has 1 atom stereocenters. The van der Waals surface area contributed by atoms with Crippen molar-refractivity contribution in [3.63, 3.8) is 0 Å². The Hall–Kier alpha value is -3.15. The van der Waals surface area contributed by atoms with E-state index in [2.05, 4.69) is 14.9 Å². The van der Waals surface area contributed by atoms with Gasteiger partial charge in [-0.25, -0.2) is 8.42 Å². The van der Waals surface area contributed by atoms with Gasteiger partial charge < -0.3 is 18.7 Å². The van der Waals surface area contributed by atoms with E-state index in [0.29, 0.717) is 22.1 Å². The van der Waals surface area contributed by atoms with Crippen LogP contribution in [0.5, 0.6) is 11.5 Å². The summed E-state index contributed by atoms with van der Waals surface area (Å²) in [5.74, 6) is 0.507. The molecule has 0 radical (unpaired) electrons. The Morgan fingerprint density at radius 1 is 1.16 bits per heavy atom. The van der Waals surface area contributed by atoms with E-state index in [9.17, 15) is 13.2 Å². The number of sulfonamides is 1. The predicted molar refractivity (Wildman–Crippen MR) is 114 cm³/mol. The Bertz CT molecular complexity index is 1200. The average Bonchev–Trinajstić information content (AvgIpc) is 3.25. The van der Waals surface area contributed by atoms with Crippen LogP contribution < -0.4 is 14.2 Å². The van der Waals surface area contributed by atoms with Gasteiger partial charge >= 0.3 is 5.97 Å². The van der Waals surface area contributed by atoms with Gasteiger partial charge in [-0.05, 0) is 43.3 Å². The van der Waals surface area contributed by atoms with Crippen molar-refractivity contribution in [1.29, 1.82) is 0 Å². The molecule has 1 heterocycles. The van der Waals surface area contributed by atoms with Gasteiger partial charge in [-0.2, -0.15) is 9.71 Å². The Morgan fingerprint density at radius 3 is 2.53 bits per heavy atom. The fraction of sp³-hybridized carbons (Fsp3) is 0.250. The minimum Gasteiger partial charge on any atom is -0.497 e. The average molecular weight is 482 g/mol. The van der Waals surface area contributed by atoms with Gasteiger partial charge in [0.1, 0.15) is 17.5 Å². The molecule has 0 fully saturated rings. The summed E-state index contributed by atoms with van der Waals surface area (Å²) < 4.78 is 47.7. The van der Waals surface area contributed by atoms with Crippen molar-refractivity contribution in [1.82, 2.24) is 14.9 Å². The standard InChI is InChI=1S/C20H20ClN3O7S/c1-12(24-32(26,27)15-7-4-13(21)5-8-15)20(25)30-11-18-22-19(23-31-18)16-9-6-14(28-2)10-17(16)29-3/h4-10,12,24H,11H2,1-3H3/t12-/m0/s1. The van der Waals surface area contributed by atoms with Gasteiger partial charge in [-0.1, -0.05) is 16.8 Å². The maximum absolute atomic E-state index is 12.4. The molecule has 0 aliphatic carbocycles. The second-order valence-corrected chi connectivity index (χ2v) is 8.63. The molecular formula is C20H20ClN3O7S. The molecule has 170 valence electrons. The Kier molecular flexibility index (Phi) is 7.33. The highest BCUT2D eigenvalue weighted by atomic mass is 35.5. The highest BCUT2D eigenvalue weighted by molar-refractivity contribution is 7.89. The normalized spacial score (nSPS) is 12.2. The van der Waals surface area contributed by atoms with Gasteiger partial charge in [0, 0.05) is 11.1 Å². The number of carbonyl (C=O) groups is 1. The Balaban J connectivity index is 1.62. The minimum absolute atomic E-state index is 0.0268. The van der Waals surface area contributed by atoms with Crippen LogP contribution in [0.2, 0.25) is 5.02 Å². The summed E-state index contributed by atoms with van der Waals surface area (Å²) in [6.45, 7) is 1.02. The van der Waals surface area contributed by atoms with E-state index in [4.69, 9.17) is 30.3 Å². The van der Waals surface area contributed by atoms with Gasteiger partial charge in [-0.15, -0.1) is 0 Å². The molecule has 12 heteroatoms. The first-order valence-electron chi connectivity index (χ1n) is 9.23.